The quantitative estimate of drug-likeness (QED) is 0.597. The van der Waals surface area contributed by atoms with Crippen molar-refractivity contribution in [2.24, 2.45) is 0 Å². The highest BCUT2D eigenvalue weighted by Crippen LogP contribution is 2.32. The number of halogens is 3. The highest BCUT2D eigenvalue weighted by atomic mass is 79.9. The van der Waals surface area contributed by atoms with Gasteiger partial charge in [0.05, 0.1) is 5.02 Å². The first kappa shape index (κ1) is 14.5. The molecule has 4 heteroatoms. The van der Waals surface area contributed by atoms with Gasteiger partial charge in [0.15, 0.2) is 0 Å². The lowest BCUT2D eigenvalue weighted by molar-refractivity contribution is 0.215. The van der Waals surface area contributed by atoms with Crippen LogP contribution < -0.4 is 0 Å². The first-order chi connectivity index (χ1) is 10.1. The molecular formula is C17H11BrClFO. The number of fused-ring (bicyclic) bond motifs is 1. The fraction of sp³-hybridized carbons (Fsp3) is 0.0588. The molecular weight excluding hydrogens is 355 g/mol. The maximum atomic E-state index is 14.0. The Morgan fingerprint density at radius 3 is 2.48 bits per heavy atom. The Morgan fingerprint density at radius 2 is 1.71 bits per heavy atom. The van der Waals surface area contributed by atoms with Crippen LogP contribution in [-0.4, -0.2) is 5.11 Å². The fourth-order valence-corrected chi connectivity index (χ4v) is 2.79. The van der Waals surface area contributed by atoms with Crippen molar-refractivity contribution < 1.29 is 9.50 Å². The van der Waals surface area contributed by atoms with Crippen LogP contribution in [0, 0.1) is 5.82 Å². The van der Waals surface area contributed by atoms with E-state index in [0.29, 0.717) is 15.1 Å². The lowest BCUT2D eigenvalue weighted by Crippen LogP contribution is -2.03. The molecule has 1 nitrogen and oxygen atoms in total. The first-order valence-electron chi connectivity index (χ1n) is 6.37. The number of aliphatic hydroxyl groups is 1. The van der Waals surface area contributed by atoms with E-state index in [1.54, 1.807) is 6.07 Å². The van der Waals surface area contributed by atoms with E-state index in [1.807, 2.05) is 36.4 Å². The summed E-state index contributed by atoms with van der Waals surface area (Å²) in [4.78, 5) is 0. The van der Waals surface area contributed by atoms with Gasteiger partial charge in [-0.25, -0.2) is 4.39 Å². The van der Waals surface area contributed by atoms with Crippen molar-refractivity contribution in [1.82, 2.24) is 0 Å². The molecule has 0 saturated carbocycles. The van der Waals surface area contributed by atoms with Crippen LogP contribution in [0.1, 0.15) is 17.2 Å². The molecule has 3 aromatic rings. The summed E-state index contributed by atoms with van der Waals surface area (Å²) in [5, 5.41) is 12.9. The highest BCUT2D eigenvalue weighted by Gasteiger charge is 2.17. The zero-order chi connectivity index (χ0) is 15.0. The maximum absolute atomic E-state index is 14.0. The van der Waals surface area contributed by atoms with E-state index >= 15 is 0 Å². The molecule has 1 unspecified atom stereocenters. The van der Waals surface area contributed by atoms with Crippen molar-refractivity contribution in [3.05, 3.63) is 81.0 Å². The summed E-state index contributed by atoms with van der Waals surface area (Å²) in [5.41, 5.74) is 0.796. The van der Waals surface area contributed by atoms with Gasteiger partial charge in [-0.3, -0.25) is 0 Å². The molecule has 0 aliphatic rings. The van der Waals surface area contributed by atoms with Crippen LogP contribution in [0.2, 0.25) is 5.02 Å². The smallest absolute Gasteiger partial charge is 0.130 e. The van der Waals surface area contributed by atoms with Crippen molar-refractivity contribution >= 4 is 38.3 Å². The molecule has 0 fully saturated rings. The van der Waals surface area contributed by atoms with E-state index in [4.69, 9.17) is 11.6 Å². The molecule has 0 aliphatic heterocycles. The highest BCUT2D eigenvalue weighted by molar-refractivity contribution is 9.10. The summed E-state index contributed by atoms with van der Waals surface area (Å²) in [6.45, 7) is 0. The topological polar surface area (TPSA) is 20.2 Å². The van der Waals surface area contributed by atoms with E-state index in [-0.39, 0.29) is 5.56 Å². The molecule has 0 saturated heterocycles. The van der Waals surface area contributed by atoms with Crippen molar-refractivity contribution in [2.45, 2.75) is 6.10 Å². The van der Waals surface area contributed by atoms with Crippen LogP contribution in [0.4, 0.5) is 4.39 Å². The molecule has 0 heterocycles. The van der Waals surface area contributed by atoms with Gasteiger partial charge >= 0.3 is 0 Å². The van der Waals surface area contributed by atoms with Gasteiger partial charge in [0.25, 0.3) is 0 Å². The van der Waals surface area contributed by atoms with Crippen molar-refractivity contribution in [3.63, 3.8) is 0 Å². The van der Waals surface area contributed by atoms with E-state index < -0.39 is 11.9 Å². The van der Waals surface area contributed by atoms with Crippen LogP contribution in [0.5, 0.6) is 0 Å². The van der Waals surface area contributed by atoms with Crippen molar-refractivity contribution in [1.29, 1.82) is 0 Å². The largest absolute Gasteiger partial charge is 0.384 e. The van der Waals surface area contributed by atoms with Crippen LogP contribution >= 0.6 is 27.5 Å². The Bertz CT molecular complexity index is 819. The minimum absolute atomic E-state index is 0.165. The second-order valence-corrected chi connectivity index (χ2v) is 6.06. The summed E-state index contributed by atoms with van der Waals surface area (Å²) < 4.78 is 14.5. The van der Waals surface area contributed by atoms with E-state index in [9.17, 15) is 9.50 Å². The molecule has 0 amide bonds. The molecule has 21 heavy (non-hydrogen) atoms. The fourth-order valence-electron chi connectivity index (χ4n) is 2.30. The number of rotatable bonds is 2. The van der Waals surface area contributed by atoms with Crippen LogP contribution in [0.25, 0.3) is 10.8 Å². The molecule has 0 bridgehead atoms. The summed E-state index contributed by atoms with van der Waals surface area (Å²) in [6, 6.07) is 16.1. The summed E-state index contributed by atoms with van der Waals surface area (Å²) in [5.74, 6) is -0.494. The van der Waals surface area contributed by atoms with E-state index in [1.165, 1.54) is 12.1 Å². The summed E-state index contributed by atoms with van der Waals surface area (Å²) >= 11 is 9.15. The maximum Gasteiger partial charge on any atom is 0.130 e. The normalized spacial score (nSPS) is 12.6. The zero-order valence-corrected chi connectivity index (χ0v) is 13.2. The Morgan fingerprint density at radius 1 is 1.00 bits per heavy atom. The second kappa shape index (κ2) is 5.76. The molecule has 0 radical (unpaired) electrons. The molecule has 1 N–H and O–H groups in total. The van der Waals surface area contributed by atoms with Gasteiger partial charge in [-0.05, 0) is 50.5 Å². The molecule has 3 aromatic carbocycles. The van der Waals surface area contributed by atoms with Crippen molar-refractivity contribution in [3.8, 4) is 0 Å². The molecule has 1 atom stereocenters. The lowest BCUT2D eigenvalue weighted by Gasteiger charge is -2.14. The monoisotopic (exact) mass is 364 g/mol. The molecule has 3 rings (SSSR count). The summed E-state index contributed by atoms with van der Waals surface area (Å²) in [7, 11) is 0. The average molecular weight is 366 g/mol. The number of hydrogen-bond donors (Lipinski definition) is 1. The van der Waals surface area contributed by atoms with Gasteiger partial charge in [-0.1, -0.05) is 48.0 Å². The number of benzene rings is 3. The van der Waals surface area contributed by atoms with Gasteiger partial charge in [-0.15, -0.1) is 0 Å². The first-order valence-corrected chi connectivity index (χ1v) is 7.54. The van der Waals surface area contributed by atoms with Gasteiger partial charge in [0.2, 0.25) is 0 Å². The second-order valence-electron chi connectivity index (χ2n) is 4.80. The van der Waals surface area contributed by atoms with Crippen molar-refractivity contribution in [2.75, 3.05) is 0 Å². The van der Waals surface area contributed by atoms with Gasteiger partial charge < -0.3 is 5.11 Å². The predicted octanol–water partition coefficient (Wildman–Crippen LogP) is 5.48. The third-order valence-electron chi connectivity index (χ3n) is 3.42. The minimum atomic E-state index is -1.06. The Balaban J connectivity index is 2.07. The third kappa shape index (κ3) is 2.82. The van der Waals surface area contributed by atoms with Crippen LogP contribution in [-0.2, 0) is 0 Å². The van der Waals surface area contributed by atoms with Crippen LogP contribution in [0.3, 0.4) is 0 Å². The van der Waals surface area contributed by atoms with Gasteiger partial charge in [0, 0.05) is 10.0 Å². The number of hydrogen-bond acceptors (Lipinski definition) is 1. The Kier molecular flexibility index (Phi) is 3.98. The zero-order valence-electron chi connectivity index (χ0n) is 10.9. The molecule has 0 spiro atoms. The number of aliphatic hydroxyl groups excluding tert-OH is 1. The molecule has 106 valence electrons. The van der Waals surface area contributed by atoms with E-state index in [0.717, 1.165) is 10.8 Å². The van der Waals surface area contributed by atoms with Crippen LogP contribution in [0.15, 0.2) is 59.1 Å². The average Bonchev–Trinajstić information content (AvgIpc) is 2.50. The lowest BCUT2D eigenvalue weighted by atomic mass is 9.98. The minimum Gasteiger partial charge on any atom is -0.384 e. The van der Waals surface area contributed by atoms with Gasteiger partial charge in [-0.2, -0.15) is 0 Å². The molecule has 0 aromatic heterocycles. The Labute approximate surface area is 135 Å². The Hall–Kier alpha value is -1.42. The standard InChI is InChI=1S/C17H11BrClFO/c18-14-9-16(20)13(8-15(14)19)17(21)12-6-5-10-3-1-2-4-11(10)7-12/h1-9,17,21H. The van der Waals surface area contributed by atoms with Gasteiger partial charge in [0.1, 0.15) is 11.9 Å². The SMILES string of the molecule is OC(c1ccc2ccccc2c1)c1cc(Cl)c(Br)cc1F. The predicted molar refractivity (Wildman–Crippen MR) is 87.1 cm³/mol. The summed E-state index contributed by atoms with van der Waals surface area (Å²) in [6.07, 6.45) is -1.06. The van der Waals surface area contributed by atoms with E-state index in [2.05, 4.69) is 15.9 Å². The molecule has 0 aliphatic carbocycles. The third-order valence-corrected chi connectivity index (χ3v) is 4.62.